The third-order valence-corrected chi connectivity index (χ3v) is 19.6. The zero-order valence-corrected chi connectivity index (χ0v) is 52.8. The Morgan fingerprint density at radius 1 is 0.279 bits per heavy atom. The molecule has 0 atom stereocenters. The molecule has 3 saturated heterocycles. The van der Waals surface area contributed by atoms with Crippen LogP contribution >= 0.6 is 15.9 Å². The van der Waals surface area contributed by atoms with E-state index >= 15 is 0 Å². The van der Waals surface area contributed by atoms with Gasteiger partial charge in [-0.1, -0.05) is 186 Å². The SMILES string of the molecule is Brc1ccc(-c2ccc(-n3c4ccccc4c4ccccc43)c3ccccc23)cc1.CC1(C)OB(B2OC(C)(C)C(C)(C)O2)OC1(C)C.CC1(C)OB(c2ccc(-c3ccc(-n4c5ccccc5c5ccccc54)c4ccccc34)cc2)OC1(C)C. The molecule has 3 aliphatic heterocycles. The van der Waals surface area contributed by atoms with E-state index in [4.69, 9.17) is 27.9 Å². The van der Waals surface area contributed by atoms with Gasteiger partial charge in [-0.3, -0.25) is 0 Å². The second kappa shape index (κ2) is 21.6. The minimum atomic E-state index is -0.476. The van der Waals surface area contributed by atoms with Crippen LogP contribution in [0.3, 0.4) is 0 Å². The van der Waals surface area contributed by atoms with Crippen molar-refractivity contribution in [2.24, 2.45) is 0 Å². The molecule has 12 aromatic rings. The zero-order valence-electron chi connectivity index (χ0n) is 51.2. The summed E-state index contributed by atoms with van der Waals surface area (Å²) in [5, 5.41) is 10.1. The van der Waals surface area contributed by atoms with Gasteiger partial charge in [0.05, 0.1) is 67.0 Å². The van der Waals surface area contributed by atoms with Crippen molar-refractivity contribution in [2.75, 3.05) is 0 Å². The first-order chi connectivity index (χ1) is 41.0. The second-order valence-electron chi connectivity index (χ2n) is 26.1. The monoisotopic (exact) mass is 1200 g/mol. The maximum absolute atomic E-state index is 6.27. The predicted octanol–water partition coefficient (Wildman–Crippen LogP) is 18.5. The normalized spacial score (nSPS) is 18.0. The Hall–Kier alpha value is -7.25. The average molecular weight is 1200 g/mol. The van der Waals surface area contributed by atoms with Crippen LogP contribution in [-0.4, -0.2) is 63.9 Å². The van der Waals surface area contributed by atoms with Crippen molar-refractivity contribution in [1.29, 1.82) is 0 Å². The summed E-state index contributed by atoms with van der Waals surface area (Å²) in [4.78, 5) is 0. The standard InChI is InChI=1S/C34H30BNO2.C28H18BrN.C12H24B2O4/c1-33(2)34(3,4)38-35(37-33)24-19-17-23(18-20-24)25-21-22-32(27-12-6-5-11-26(25)27)36-30-15-9-7-13-28(30)29-14-8-10-16-31(29)36;29-20-15-13-19(14-16-20)21-17-18-28(23-8-2-1-7-22(21)23)30-26-11-5-3-9-24(26)25-10-4-6-12-27(25)30;1-9(2)10(3,4)16-13(15-9)14-17-11(5,6)12(7,8)18-14/h5-22H,1-4H3;1-18H;1-8H3. The highest BCUT2D eigenvalue weighted by Gasteiger charge is 2.64. The number of aromatic nitrogens is 2. The van der Waals surface area contributed by atoms with Gasteiger partial charge in [-0.2, -0.15) is 0 Å². The third kappa shape index (κ3) is 10.0. The summed E-state index contributed by atoms with van der Waals surface area (Å²) < 4.78 is 42.3. The van der Waals surface area contributed by atoms with Crippen LogP contribution in [0.2, 0.25) is 0 Å². The van der Waals surface area contributed by atoms with Gasteiger partial charge in [-0.15, -0.1) is 0 Å². The smallest absolute Gasteiger partial charge is 0.405 e. The molecule has 430 valence electrons. The molecule has 0 N–H and O–H groups in total. The van der Waals surface area contributed by atoms with Gasteiger partial charge in [0, 0.05) is 36.8 Å². The molecule has 3 fully saturated rings. The molecule has 8 nitrogen and oxygen atoms in total. The lowest BCUT2D eigenvalue weighted by Crippen LogP contribution is -2.41. The van der Waals surface area contributed by atoms with E-state index in [1.54, 1.807) is 0 Å². The van der Waals surface area contributed by atoms with Gasteiger partial charge in [0.25, 0.3) is 0 Å². The molecule has 0 spiro atoms. The van der Waals surface area contributed by atoms with E-state index < -0.39 is 14.0 Å². The van der Waals surface area contributed by atoms with E-state index in [0.717, 1.165) is 9.94 Å². The number of benzene rings is 10. The molecule has 3 aliphatic rings. The van der Waals surface area contributed by atoms with Gasteiger partial charge < -0.3 is 37.1 Å². The van der Waals surface area contributed by atoms with E-state index in [-0.39, 0.29) is 40.7 Å². The first kappa shape index (κ1) is 57.8. The van der Waals surface area contributed by atoms with Crippen molar-refractivity contribution in [2.45, 2.75) is 117 Å². The fourth-order valence-corrected chi connectivity index (χ4v) is 12.5. The second-order valence-corrected chi connectivity index (χ2v) is 27.0. The van der Waals surface area contributed by atoms with Gasteiger partial charge >= 0.3 is 21.1 Å². The quantitative estimate of drug-likeness (QED) is 0.155. The lowest BCUT2D eigenvalue weighted by atomic mass is 9.49. The van der Waals surface area contributed by atoms with Crippen molar-refractivity contribution in [3.63, 3.8) is 0 Å². The predicted molar refractivity (Wildman–Crippen MR) is 363 cm³/mol. The molecule has 0 amide bonds. The molecule has 0 aliphatic carbocycles. The summed E-state index contributed by atoms with van der Waals surface area (Å²) in [6.07, 6.45) is 0. The molecule has 0 radical (unpaired) electrons. The number of para-hydroxylation sites is 4. The van der Waals surface area contributed by atoms with Crippen molar-refractivity contribution >= 4 is 108 Å². The number of rotatable bonds is 6. The summed E-state index contributed by atoms with van der Waals surface area (Å²) in [6, 6.07) is 78.3. The molecule has 0 unspecified atom stereocenters. The van der Waals surface area contributed by atoms with Crippen LogP contribution in [0.4, 0.5) is 0 Å². The van der Waals surface area contributed by atoms with Gasteiger partial charge in [0.1, 0.15) is 0 Å². The number of halogens is 1. The van der Waals surface area contributed by atoms with Crippen molar-refractivity contribution in [3.05, 3.63) is 223 Å². The molecule has 0 bridgehead atoms. The van der Waals surface area contributed by atoms with Crippen molar-refractivity contribution in [1.82, 2.24) is 9.13 Å². The average Bonchev–Trinajstić information content (AvgIpc) is 2.62. The van der Waals surface area contributed by atoms with Crippen LogP contribution in [0, 0.1) is 0 Å². The van der Waals surface area contributed by atoms with Gasteiger partial charge in [-0.05, 0) is 170 Å². The Morgan fingerprint density at radius 3 is 0.872 bits per heavy atom. The van der Waals surface area contributed by atoms with Crippen LogP contribution in [0.15, 0.2) is 223 Å². The number of fused-ring (bicyclic) bond motifs is 8. The number of nitrogens with zero attached hydrogens (tertiary/aromatic N) is 2. The minimum absolute atomic E-state index is 0.352. The summed E-state index contributed by atoms with van der Waals surface area (Å²) in [6.45, 7) is 24.6. The number of hydrogen-bond donors (Lipinski definition) is 0. The van der Waals surface area contributed by atoms with Gasteiger partial charge in [0.2, 0.25) is 0 Å². The summed E-state index contributed by atoms with van der Waals surface area (Å²) in [7, 11) is -1.31. The Morgan fingerprint density at radius 2 is 0.547 bits per heavy atom. The Bertz CT molecular complexity index is 4360. The van der Waals surface area contributed by atoms with Gasteiger partial charge in [-0.25, -0.2) is 0 Å². The Labute approximate surface area is 514 Å². The lowest BCUT2D eigenvalue weighted by molar-refractivity contribution is 0.00578. The fourth-order valence-electron chi connectivity index (χ4n) is 12.3. The van der Waals surface area contributed by atoms with E-state index in [0.29, 0.717) is 0 Å². The lowest BCUT2D eigenvalue weighted by Gasteiger charge is -2.32. The third-order valence-electron chi connectivity index (χ3n) is 19.1. The highest BCUT2D eigenvalue weighted by molar-refractivity contribution is 9.10. The van der Waals surface area contributed by atoms with Crippen molar-refractivity contribution in [3.8, 4) is 33.6 Å². The molecule has 10 aromatic carbocycles. The summed E-state index contributed by atoms with van der Waals surface area (Å²) in [5.74, 6) is 0. The number of hydrogen-bond acceptors (Lipinski definition) is 6. The van der Waals surface area contributed by atoms with E-state index in [2.05, 4.69) is 271 Å². The summed E-state index contributed by atoms with van der Waals surface area (Å²) >= 11 is 3.55. The topological polar surface area (TPSA) is 65.2 Å². The van der Waals surface area contributed by atoms with Crippen LogP contribution in [-0.2, 0) is 27.9 Å². The van der Waals surface area contributed by atoms with E-state index in [1.807, 2.05) is 55.4 Å². The molecule has 86 heavy (non-hydrogen) atoms. The van der Waals surface area contributed by atoms with Crippen LogP contribution in [0.1, 0.15) is 83.1 Å². The fraction of sp³-hybridized carbons (Fsp3) is 0.243. The molecular weight excluding hydrogens is 1130 g/mol. The molecule has 2 aromatic heterocycles. The molecule has 5 heterocycles. The van der Waals surface area contributed by atoms with E-state index in [1.165, 1.54) is 98.8 Å². The molecular formula is C74H72B3BrN2O6. The van der Waals surface area contributed by atoms with Crippen LogP contribution < -0.4 is 5.46 Å². The summed E-state index contributed by atoms with van der Waals surface area (Å²) in [5.41, 5.74) is 11.1. The van der Waals surface area contributed by atoms with Crippen LogP contribution in [0.25, 0.3) is 98.8 Å². The minimum Gasteiger partial charge on any atom is -0.405 e. The highest BCUT2D eigenvalue weighted by atomic mass is 79.9. The zero-order chi connectivity index (χ0) is 60.1. The van der Waals surface area contributed by atoms with E-state index in [9.17, 15) is 0 Å². The van der Waals surface area contributed by atoms with Crippen LogP contribution in [0.5, 0.6) is 0 Å². The van der Waals surface area contributed by atoms with Crippen molar-refractivity contribution < 1.29 is 27.9 Å². The first-order valence-corrected chi connectivity index (χ1v) is 30.8. The molecule has 0 saturated carbocycles. The largest absolute Gasteiger partial charge is 0.494 e. The Balaban J connectivity index is 0.000000127. The highest BCUT2D eigenvalue weighted by Crippen LogP contribution is 2.45. The molecule has 15 rings (SSSR count). The maximum atomic E-state index is 6.27. The van der Waals surface area contributed by atoms with Gasteiger partial charge in [0.15, 0.2) is 0 Å². The Kier molecular flexibility index (Phi) is 14.5. The molecule has 12 heteroatoms. The first-order valence-electron chi connectivity index (χ1n) is 30.0. The maximum Gasteiger partial charge on any atom is 0.494 e.